The Kier molecular flexibility index (Phi) is 4.56. The van der Waals surface area contributed by atoms with E-state index in [0.29, 0.717) is 6.54 Å². The zero-order chi connectivity index (χ0) is 15.4. The largest absolute Gasteiger partial charge is 0.356 e. The second-order valence-electron chi connectivity index (χ2n) is 5.09. The van der Waals surface area contributed by atoms with E-state index < -0.39 is 18.0 Å². The third-order valence-corrected chi connectivity index (χ3v) is 3.45. The summed E-state index contributed by atoms with van der Waals surface area (Å²) >= 11 is 0. The number of aryl methyl sites for hydroxylation is 2. The van der Waals surface area contributed by atoms with Crippen LogP contribution in [0.4, 0.5) is 4.79 Å². The molecular formula is C13H19N5O3. The molecule has 0 saturated carbocycles. The van der Waals surface area contributed by atoms with Crippen molar-refractivity contribution in [3.8, 4) is 0 Å². The summed E-state index contributed by atoms with van der Waals surface area (Å²) < 4.78 is 0. The Morgan fingerprint density at radius 3 is 2.67 bits per heavy atom. The number of H-pyrrole nitrogens is 1. The molecule has 21 heavy (non-hydrogen) atoms. The lowest BCUT2D eigenvalue weighted by Gasteiger charge is -2.08. The van der Waals surface area contributed by atoms with Crippen LogP contribution in [0.3, 0.4) is 0 Å². The van der Waals surface area contributed by atoms with Crippen LogP contribution in [0.2, 0.25) is 0 Å². The number of nitrogens with one attached hydrogen (secondary N) is 4. The summed E-state index contributed by atoms with van der Waals surface area (Å²) in [4.78, 5) is 33.9. The van der Waals surface area contributed by atoms with E-state index in [0.717, 1.165) is 24.2 Å². The van der Waals surface area contributed by atoms with Gasteiger partial charge in [0.1, 0.15) is 6.04 Å². The molecule has 1 saturated heterocycles. The van der Waals surface area contributed by atoms with Gasteiger partial charge in [-0.3, -0.25) is 20.0 Å². The molecule has 4 N–H and O–H groups in total. The van der Waals surface area contributed by atoms with Gasteiger partial charge in [-0.1, -0.05) is 0 Å². The first-order valence-corrected chi connectivity index (χ1v) is 6.86. The Morgan fingerprint density at radius 2 is 2.10 bits per heavy atom. The smallest absolute Gasteiger partial charge is 0.322 e. The van der Waals surface area contributed by atoms with Gasteiger partial charge in [0.25, 0.3) is 5.91 Å². The number of imide groups is 1. The minimum Gasteiger partial charge on any atom is -0.356 e. The molecule has 0 aliphatic carbocycles. The second-order valence-corrected chi connectivity index (χ2v) is 5.09. The number of amides is 4. The monoisotopic (exact) mass is 293 g/mol. The summed E-state index contributed by atoms with van der Waals surface area (Å²) in [7, 11) is 0. The Balaban J connectivity index is 1.68. The van der Waals surface area contributed by atoms with Crippen molar-refractivity contribution in [2.24, 2.45) is 0 Å². The molecule has 0 bridgehead atoms. The lowest BCUT2D eigenvalue weighted by Crippen LogP contribution is -2.36. The van der Waals surface area contributed by atoms with Gasteiger partial charge in [-0.15, -0.1) is 0 Å². The molecule has 2 rings (SSSR count). The number of urea groups is 1. The van der Waals surface area contributed by atoms with Gasteiger partial charge in [-0.2, -0.15) is 5.10 Å². The number of nitrogens with zero attached hydrogens (tertiary/aromatic N) is 1. The number of rotatable bonds is 6. The Labute approximate surface area is 122 Å². The first-order valence-electron chi connectivity index (χ1n) is 6.86. The third-order valence-electron chi connectivity index (χ3n) is 3.45. The minimum absolute atomic E-state index is 0.0403. The third kappa shape index (κ3) is 3.80. The molecule has 0 unspecified atom stereocenters. The number of carbonyl (C=O) groups is 3. The predicted octanol–water partition coefficient (Wildman–Crippen LogP) is -0.327. The van der Waals surface area contributed by atoms with Crippen LogP contribution in [0.25, 0.3) is 0 Å². The molecule has 0 aromatic carbocycles. The van der Waals surface area contributed by atoms with Crippen molar-refractivity contribution in [3.63, 3.8) is 0 Å². The molecule has 2 heterocycles. The maximum atomic E-state index is 11.7. The Hall–Kier alpha value is -2.38. The number of hydrogen-bond acceptors (Lipinski definition) is 4. The molecule has 1 aromatic rings. The van der Waals surface area contributed by atoms with Gasteiger partial charge in [0.15, 0.2) is 0 Å². The number of aromatic amines is 1. The van der Waals surface area contributed by atoms with Gasteiger partial charge in [0.05, 0.1) is 12.1 Å². The van der Waals surface area contributed by atoms with Crippen LogP contribution in [0, 0.1) is 13.8 Å². The zero-order valence-corrected chi connectivity index (χ0v) is 12.1. The average Bonchev–Trinajstić information content (AvgIpc) is 2.89. The van der Waals surface area contributed by atoms with Crippen LogP contribution in [0.1, 0.15) is 29.8 Å². The molecule has 1 aromatic heterocycles. The van der Waals surface area contributed by atoms with E-state index in [1.807, 2.05) is 13.8 Å². The van der Waals surface area contributed by atoms with Crippen molar-refractivity contribution in [2.75, 3.05) is 6.54 Å². The molecule has 0 radical (unpaired) electrons. The van der Waals surface area contributed by atoms with E-state index in [2.05, 4.69) is 26.1 Å². The van der Waals surface area contributed by atoms with Gasteiger partial charge < -0.3 is 10.6 Å². The van der Waals surface area contributed by atoms with E-state index >= 15 is 0 Å². The van der Waals surface area contributed by atoms with E-state index in [9.17, 15) is 14.4 Å². The summed E-state index contributed by atoms with van der Waals surface area (Å²) in [6.07, 6.45) is 1.58. The fourth-order valence-corrected chi connectivity index (χ4v) is 2.30. The molecule has 1 aliphatic rings. The molecule has 0 spiro atoms. The van der Waals surface area contributed by atoms with Gasteiger partial charge >= 0.3 is 6.03 Å². The van der Waals surface area contributed by atoms with Gasteiger partial charge in [-0.25, -0.2) is 4.79 Å². The van der Waals surface area contributed by atoms with Crippen molar-refractivity contribution >= 4 is 17.8 Å². The molecule has 114 valence electrons. The quantitative estimate of drug-likeness (QED) is 0.424. The molecule has 1 fully saturated rings. The molecule has 1 aliphatic heterocycles. The maximum Gasteiger partial charge on any atom is 0.322 e. The van der Waals surface area contributed by atoms with Crippen LogP contribution in [0.5, 0.6) is 0 Å². The lowest BCUT2D eigenvalue weighted by molar-refractivity contribution is -0.126. The molecule has 4 amide bonds. The second kappa shape index (κ2) is 6.38. The summed E-state index contributed by atoms with van der Waals surface area (Å²) in [5.74, 6) is -0.710. The number of hydrogen-bond donors (Lipinski definition) is 4. The first-order chi connectivity index (χ1) is 9.97. The van der Waals surface area contributed by atoms with Crippen molar-refractivity contribution in [3.05, 3.63) is 17.0 Å². The fraction of sp³-hybridized carbons (Fsp3) is 0.538. The molecular weight excluding hydrogens is 274 g/mol. The Bertz CT molecular complexity index is 547. The lowest BCUT2D eigenvalue weighted by atomic mass is 10.1. The fourth-order valence-electron chi connectivity index (χ4n) is 2.30. The molecule has 1 atom stereocenters. The van der Waals surface area contributed by atoms with E-state index in [1.54, 1.807) is 0 Å². The van der Waals surface area contributed by atoms with Gasteiger partial charge in [-0.05, 0) is 32.3 Å². The van der Waals surface area contributed by atoms with Crippen molar-refractivity contribution < 1.29 is 14.4 Å². The minimum atomic E-state index is -0.768. The van der Waals surface area contributed by atoms with Crippen LogP contribution < -0.4 is 16.0 Å². The molecule has 8 nitrogen and oxygen atoms in total. The summed E-state index contributed by atoms with van der Waals surface area (Å²) in [5, 5.41) is 14.3. The highest BCUT2D eigenvalue weighted by Crippen LogP contribution is 2.11. The highest BCUT2D eigenvalue weighted by molar-refractivity contribution is 6.05. The van der Waals surface area contributed by atoms with Crippen molar-refractivity contribution in [1.82, 2.24) is 26.1 Å². The van der Waals surface area contributed by atoms with Gasteiger partial charge in [0, 0.05) is 12.2 Å². The SMILES string of the molecule is Cc1n[nH]c(C)c1CCCNC(=O)C[C@@H]1NC(=O)NC1=O. The topological polar surface area (TPSA) is 116 Å². The summed E-state index contributed by atoms with van der Waals surface area (Å²) in [6.45, 7) is 4.43. The van der Waals surface area contributed by atoms with E-state index in [1.165, 1.54) is 5.56 Å². The summed E-state index contributed by atoms with van der Waals surface area (Å²) in [6, 6.07) is -1.32. The predicted molar refractivity (Wildman–Crippen MR) is 74.5 cm³/mol. The van der Waals surface area contributed by atoms with E-state index in [-0.39, 0.29) is 12.3 Å². The van der Waals surface area contributed by atoms with Crippen LogP contribution in [0.15, 0.2) is 0 Å². The van der Waals surface area contributed by atoms with Crippen molar-refractivity contribution in [2.45, 2.75) is 39.2 Å². The zero-order valence-electron chi connectivity index (χ0n) is 12.1. The van der Waals surface area contributed by atoms with E-state index in [4.69, 9.17) is 0 Å². The van der Waals surface area contributed by atoms with Crippen LogP contribution in [-0.4, -0.2) is 40.6 Å². The number of aromatic nitrogens is 2. The average molecular weight is 293 g/mol. The maximum absolute atomic E-state index is 11.7. The van der Waals surface area contributed by atoms with Crippen LogP contribution >= 0.6 is 0 Å². The normalized spacial score (nSPS) is 17.5. The summed E-state index contributed by atoms with van der Waals surface area (Å²) in [5.41, 5.74) is 3.19. The first kappa shape index (κ1) is 15.0. The molecule has 8 heteroatoms. The highest BCUT2D eigenvalue weighted by atomic mass is 16.2. The van der Waals surface area contributed by atoms with Gasteiger partial charge in [0.2, 0.25) is 5.91 Å². The standard InChI is InChI=1S/C13H19N5O3/c1-7-9(8(2)18-17-7)4-3-5-14-11(19)6-10-12(20)16-13(21)15-10/h10H,3-6H2,1-2H3,(H,14,19)(H,17,18)(H2,15,16,20,21)/t10-/m0/s1. The highest BCUT2D eigenvalue weighted by Gasteiger charge is 2.30. The van der Waals surface area contributed by atoms with Crippen LogP contribution in [-0.2, 0) is 16.0 Å². The number of carbonyl (C=O) groups excluding carboxylic acids is 3. The Morgan fingerprint density at radius 1 is 1.33 bits per heavy atom. The van der Waals surface area contributed by atoms with Crippen molar-refractivity contribution in [1.29, 1.82) is 0 Å².